The molecule has 0 heterocycles. The lowest BCUT2D eigenvalue weighted by Crippen LogP contribution is -2.05. The van der Waals surface area contributed by atoms with E-state index in [1.807, 2.05) is 0 Å². The number of hydrogen-bond acceptors (Lipinski definition) is 3. The van der Waals surface area contributed by atoms with E-state index in [1.54, 1.807) is 0 Å². The summed E-state index contributed by atoms with van der Waals surface area (Å²) in [5.74, 6) is 0. The average Bonchev–Trinajstić information content (AvgIpc) is 2.16. The first kappa shape index (κ1) is 11.2. The van der Waals surface area contributed by atoms with Crippen molar-refractivity contribution in [2.75, 3.05) is 6.61 Å². The molecule has 0 aliphatic rings. The van der Waals surface area contributed by atoms with E-state index >= 15 is 0 Å². The molecule has 1 aromatic rings. The van der Waals surface area contributed by atoms with Crippen molar-refractivity contribution in [1.82, 2.24) is 0 Å². The Morgan fingerprint density at radius 2 is 1.93 bits per heavy atom. The summed E-state index contributed by atoms with van der Waals surface area (Å²) in [5, 5.41) is 0.479. The van der Waals surface area contributed by atoms with Gasteiger partial charge in [0.2, 0.25) is 0 Å². The molecule has 1 aromatic carbocycles. The van der Waals surface area contributed by atoms with E-state index < -0.39 is 10.1 Å². The zero-order chi connectivity index (χ0) is 10.6. The van der Waals surface area contributed by atoms with Gasteiger partial charge >= 0.3 is 0 Å². The number of hydrogen-bond donors (Lipinski definition) is 0. The van der Waals surface area contributed by atoms with Gasteiger partial charge in [-0.15, -0.1) is 6.58 Å². The van der Waals surface area contributed by atoms with Gasteiger partial charge in [0.15, 0.2) is 0 Å². The molecule has 0 aliphatic heterocycles. The van der Waals surface area contributed by atoms with Gasteiger partial charge < -0.3 is 0 Å². The van der Waals surface area contributed by atoms with Gasteiger partial charge in [-0.1, -0.05) is 17.7 Å². The van der Waals surface area contributed by atoms with Crippen LogP contribution in [-0.4, -0.2) is 15.0 Å². The number of rotatable bonds is 4. The van der Waals surface area contributed by atoms with Crippen LogP contribution in [0.25, 0.3) is 0 Å². The van der Waals surface area contributed by atoms with Crippen molar-refractivity contribution in [2.24, 2.45) is 0 Å². The first-order chi connectivity index (χ1) is 6.56. The molecule has 0 atom stereocenters. The van der Waals surface area contributed by atoms with E-state index in [2.05, 4.69) is 10.8 Å². The topological polar surface area (TPSA) is 43.4 Å². The summed E-state index contributed by atoms with van der Waals surface area (Å²) < 4.78 is 27.4. The number of benzene rings is 1. The molecule has 76 valence electrons. The van der Waals surface area contributed by atoms with E-state index in [1.165, 1.54) is 30.3 Å². The van der Waals surface area contributed by atoms with Gasteiger partial charge in [-0.05, 0) is 24.3 Å². The van der Waals surface area contributed by atoms with Crippen molar-refractivity contribution in [3.05, 3.63) is 41.9 Å². The van der Waals surface area contributed by atoms with Crippen LogP contribution in [0.2, 0.25) is 5.02 Å². The second-order valence-corrected chi connectivity index (χ2v) is 4.53. The molecular formula is C9H9ClO3S. The lowest BCUT2D eigenvalue weighted by atomic mass is 10.4. The summed E-state index contributed by atoms with van der Waals surface area (Å²) in [6.45, 7) is 3.32. The van der Waals surface area contributed by atoms with Gasteiger partial charge in [0.25, 0.3) is 10.1 Å². The molecule has 0 saturated heterocycles. The first-order valence-electron chi connectivity index (χ1n) is 3.82. The highest BCUT2D eigenvalue weighted by molar-refractivity contribution is 7.86. The molecule has 0 aliphatic carbocycles. The minimum Gasteiger partial charge on any atom is -0.262 e. The first-order valence-corrected chi connectivity index (χ1v) is 5.61. The Balaban J connectivity index is 2.93. The second kappa shape index (κ2) is 4.59. The summed E-state index contributed by atoms with van der Waals surface area (Å²) >= 11 is 5.61. The zero-order valence-corrected chi connectivity index (χ0v) is 8.88. The molecule has 1 rings (SSSR count). The Labute approximate surface area is 88.1 Å². The monoisotopic (exact) mass is 232 g/mol. The zero-order valence-electron chi connectivity index (χ0n) is 7.31. The molecule has 3 nitrogen and oxygen atoms in total. The molecule has 0 radical (unpaired) electrons. The third-order valence-corrected chi connectivity index (χ3v) is 2.99. The van der Waals surface area contributed by atoms with Gasteiger partial charge in [0, 0.05) is 5.02 Å². The molecule has 5 heteroatoms. The highest BCUT2D eigenvalue weighted by Crippen LogP contribution is 2.15. The molecule has 0 spiro atoms. The quantitative estimate of drug-likeness (QED) is 0.591. The summed E-state index contributed by atoms with van der Waals surface area (Å²) in [6.07, 6.45) is 1.37. The van der Waals surface area contributed by atoms with Crippen molar-refractivity contribution in [3.63, 3.8) is 0 Å². The Bertz CT molecular complexity index is 408. The smallest absolute Gasteiger partial charge is 0.262 e. The van der Waals surface area contributed by atoms with E-state index in [9.17, 15) is 8.42 Å². The molecule has 0 bridgehead atoms. The molecule has 0 saturated carbocycles. The highest BCUT2D eigenvalue weighted by atomic mass is 35.5. The van der Waals surface area contributed by atoms with Crippen molar-refractivity contribution in [1.29, 1.82) is 0 Å². The standard InChI is InChI=1S/C9H9ClO3S/c1-2-7-13-14(11,12)9-5-3-8(10)4-6-9/h2-6H,1,7H2. The fraction of sp³-hybridized carbons (Fsp3) is 0.111. The Hall–Kier alpha value is -0.840. The highest BCUT2D eigenvalue weighted by Gasteiger charge is 2.13. The van der Waals surface area contributed by atoms with Crippen LogP contribution < -0.4 is 0 Å². The van der Waals surface area contributed by atoms with Crippen LogP contribution in [0.15, 0.2) is 41.8 Å². The molecule has 14 heavy (non-hydrogen) atoms. The summed E-state index contributed by atoms with van der Waals surface area (Å²) in [6, 6.07) is 5.76. The van der Waals surface area contributed by atoms with E-state index in [0.717, 1.165) is 0 Å². The van der Waals surface area contributed by atoms with Crippen molar-refractivity contribution in [2.45, 2.75) is 4.90 Å². The summed E-state index contributed by atoms with van der Waals surface area (Å²) in [5.41, 5.74) is 0. The molecular weight excluding hydrogens is 224 g/mol. The third kappa shape index (κ3) is 2.83. The second-order valence-electron chi connectivity index (χ2n) is 2.48. The molecule has 0 aromatic heterocycles. The minimum atomic E-state index is -3.67. The van der Waals surface area contributed by atoms with Crippen LogP contribution in [0.1, 0.15) is 0 Å². The van der Waals surface area contributed by atoms with E-state index in [0.29, 0.717) is 5.02 Å². The largest absolute Gasteiger partial charge is 0.297 e. The van der Waals surface area contributed by atoms with Gasteiger partial charge in [0.1, 0.15) is 0 Å². The predicted octanol–water partition coefficient (Wildman–Crippen LogP) is 2.23. The third-order valence-electron chi connectivity index (χ3n) is 1.44. The van der Waals surface area contributed by atoms with Crippen molar-refractivity contribution >= 4 is 21.7 Å². The SMILES string of the molecule is C=CCOS(=O)(=O)c1ccc(Cl)cc1. The minimum absolute atomic E-state index is 0.0367. The lowest BCUT2D eigenvalue weighted by molar-refractivity contribution is 0.357. The molecule has 0 amide bonds. The van der Waals surface area contributed by atoms with Crippen molar-refractivity contribution < 1.29 is 12.6 Å². The molecule has 0 N–H and O–H groups in total. The average molecular weight is 233 g/mol. The van der Waals surface area contributed by atoms with E-state index in [-0.39, 0.29) is 11.5 Å². The van der Waals surface area contributed by atoms with Crippen molar-refractivity contribution in [3.8, 4) is 0 Å². The lowest BCUT2D eigenvalue weighted by Gasteiger charge is -2.02. The summed E-state index contributed by atoms with van der Waals surface area (Å²) in [7, 11) is -3.67. The Morgan fingerprint density at radius 1 is 1.36 bits per heavy atom. The maximum absolute atomic E-state index is 11.4. The van der Waals surface area contributed by atoms with Crippen LogP contribution >= 0.6 is 11.6 Å². The van der Waals surface area contributed by atoms with Crippen LogP contribution in [0.5, 0.6) is 0 Å². The van der Waals surface area contributed by atoms with Gasteiger partial charge in [-0.2, -0.15) is 8.42 Å². The maximum Gasteiger partial charge on any atom is 0.297 e. The fourth-order valence-corrected chi connectivity index (χ4v) is 1.81. The molecule has 0 unspecified atom stereocenters. The van der Waals surface area contributed by atoms with Gasteiger partial charge in [-0.3, -0.25) is 4.18 Å². The number of halogens is 1. The van der Waals surface area contributed by atoms with Crippen LogP contribution in [0.3, 0.4) is 0 Å². The van der Waals surface area contributed by atoms with Crippen LogP contribution in [0, 0.1) is 0 Å². The Kier molecular flexibility index (Phi) is 3.69. The predicted molar refractivity (Wildman–Crippen MR) is 54.8 cm³/mol. The van der Waals surface area contributed by atoms with Crippen LogP contribution in [0.4, 0.5) is 0 Å². The van der Waals surface area contributed by atoms with Crippen LogP contribution in [-0.2, 0) is 14.3 Å². The summed E-state index contributed by atoms with van der Waals surface area (Å²) in [4.78, 5) is 0.0868. The van der Waals surface area contributed by atoms with E-state index in [4.69, 9.17) is 11.6 Å². The molecule has 0 fully saturated rings. The normalized spacial score (nSPS) is 11.2. The van der Waals surface area contributed by atoms with Gasteiger partial charge in [-0.25, -0.2) is 0 Å². The maximum atomic E-state index is 11.4. The van der Waals surface area contributed by atoms with Gasteiger partial charge in [0.05, 0.1) is 11.5 Å². The fourth-order valence-electron chi connectivity index (χ4n) is 0.807. The Morgan fingerprint density at radius 3 is 2.43 bits per heavy atom.